The Labute approximate surface area is 129 Å². The van der Waals surface area contributed by atoms with Gasteiger partial charge in [0.25, 0.3) is 0 Å². The van der Waals surface area contributed by atoms with Gasteiger partial charge in [0.2, 0.25) is 0 Å². The molecule has 0 spiro atoms. The molecule has 0 heterocycles. The smallest absolute Gasteiger partial charge is 1.00 e. The quantitative estimate of drug-likeness (QED) is 0.611. The second-order valence-electron chi connectivity index (χ2n) is 5.20. The van der Waals surface area contributed by atoms with Crippen LogP contribution in [-0.2, 0) is 14.4 Å². The molecule has 0 fully saturated rings. The number of carbonyl (C=O) groups excluding carboxylic acids is 2. The zero-order chi connectivity index (χ0) is 12.4. The van der Waals surface area contributed by atoms with Crippen molar-refractivity contribution in [2.24, 2.45) is 10.8 Å². The Bertz CT molecular complexity index is 309. The second-order valence-corrected chi connectivity index (χ2v) is 5.20. The molecule has 0 radical (unpaired) electrons. The van der Waals surface area contributed by atoms with Crippen LogP contribution in [-0.4, -0.2) is 60.4 Å². The predicted octanol–water partition coefficient (Wildman–Crippen LogP) is 1.52. The van der Waals surface area contributed by atoms with Crippen molar-refractivity contribution in [3.8, 4) is 0 Å². The summed E-state index contributed by atoms with van der Waals surface area (Å²) in [4.78, 5) is 33.9. The molecule has 0 aliphatic rings. The first-order valence-electron chi connectivity index (χ1n) is 4.79. The number of ketones is 2. The Morgan fingerprint density at radius 3 is 1.62 bits per heavy atom. The Hall–Kier alpha value is 0.0697. The van der Waals surface area contributed by atoms with Crippen molar-refractivity contribution in [3.63, 3.8) is 0 Å². The topological polar surface area (TPSA) is 71.4 Å². The van der Waals surface area contributed by atoms with Crippen LogP contribution in [0.2, 0.25) is 0 Å². The molecule has 0 saturated heterocycles. The Balaban J connectivity index is -0.000000327. The number of carbonyl (C=O) groups is 3. The SMILES string of the molecule is CC(C)(C)C(=O)CC(=O)C(C)(C)C(=O)O.[Ca+2].[H-].[H-]. The molecular formula is C11H20CaO4. The van der Waals surface area contributed by atoms with Gasteiger partial charge in [-0.2, -0.15) is 0 Å². The summed E-state index contributed by atoms with van der Waals surface area (Å²) in [5.41, 5.74) is -2.09. The first kappa shape index (κ1) is 18.4. The molecular weight excluding hydrogens is 236 g/mol. The Morgan fingerprint density at radius 2 is 1.38 bits per heavy atom. The van der Waals surface area contributed by atoms with E-state index in [-0.39, 0.29) is 52.8 Å². The van der Waals surface area contributed by atoms with Crippen LogP contribution in [0.3, 0.4) is 0 Å². The van der Waals surface area contributed by atoms with Crippen LogP contribution in [0, 0.1) is 10.8 Å². The minimum absolute atomic E-state index is 0. The van der Waals surface area contributed by atoms with Crippen molar-refractivity contribution < 1.29 is 22.3 Å². The van der Waals surface area contributed by atoms with E-state index in [1.165, 1.54) is 13.8 Å². The molecule has 0 aromatic carbocycles. The van der Waals surface area contributed by atoms with Gasteiger partial charge in [0.05, 0.1) is 6.42 Å². The first-order valence-corrected chi connectivity index (χ1v) is 4.79. The van der Waals surface area contributed by atoms with Crippen LogP contribution in [0.5, 0.6) is 0 Å². The Morgan fingerprint density at radius 1 is 1.00 bits per heavy atom. The molecule has 0 rings (SSSR count). The maximum absolute atomic E-state index is 11.6. The van der Waals surface area contributed by atoms with E-state index in [0.717, 1.165) is 0 Å². The van der Waals surface area contributed by atoms with Crippen LogP contribution >= 0.6 is 0 Å². The first-order chi connectivity index (χ1) is 6.49. The minimum atomic E-state index is -1.49. The van der Waals surface area contributed by atoms with Gasteiger partial charge in [-0.3, -0.25) is 14.4 Å². The van der Waals surface area contributed by atoms with E-state index in [1.54, 1.807) is 20.8 Å². The summed E-state index contributed by atoms with van der Waals surface area (Å²) in [6, 6.07) is 0. The summed E-state index contributed by atoms with van der Waals surface area (Å²) in [6.45, 7) is 7.74. The summed E-state index contributed by atoms with van der Waals surface area (Å²) in [6.07, 6.45) is -0.317. The molecule has 4 nitrogen and oxygen atoms in total. The summed E-state index contributed by atoms with van der Waals surface area (Å²) in [5, 5.41) is 8.80. The van der Waals surface area contributed by atoms with E-state index in [9.17, 15) is 14.4 Å². The van der Waals surface area contributed by atoms with Gasteiger partial charge < -0.3 is 7.96 Å². The zero-order valence-corrected chi connectivity index (χ0v) is 12.8. The van der Waals surface area contributed by atoms with Crippen molar-refractivity contribution in [1.29, 1.82) is 0 Å². The van der Waals surface area contributed by atoms with E-state index < -0.39 is 22.6 Å². The normalized spacial score (nSPS) is 11.6. The monoisotopic (exact) mass is 256 g/mol. The van der Waals surface area contributed by atoms with Gasteiger partial charge in [-0.05, 0) is 13.8 Å². The number of carboxylic acid groups (broad SMARTS) is 1. The van der Waals surface area contributed by atoms with E-state index in [1.807, 2.05) is 0 Å². The molecule has 0 atom stereocenters. The number of Topliss-reactive ketones (excluding diaryl/α,β-unsaturated/α-hetero) is 2. The molecule has 16 heavy (non-hydrogen) atoms. The van der Waals surface area contributed by atoms with Crippen molar-refractivity contribution >= 4 is 55.3 Å². The molecule has 0 aromatic heterocycles. The summed E-state index contributed by atoms with van der Waals surface area (Å²) < 4.78 is 0. The number of hydrogen-bond acceptors (Lipinski definition) is 3. The summed E-state index contributed by atoms with van der Waals surface area (Å²) in [7, 11) is 0. The van der Waals surface area contributed by atoms with E-state index >= 15 is 0 Å². The summed E-state index contributed by atoms with van der Waals surface area (Å²) >= 11 is 0. The largest absolute Gasteiger partial charge is 2.00 e. The molecule has 0 aliphatic heterocycles. The van der Waals surface area contributed by atoms with Crippen molar-refractivity contribution in [2.45, 2.75) is 41.0 Å². The number of hydrogen-bond donors (Lipinski definition) is 1. The van der Waals surface area contributed by atoms with Gasteiger partial charge in [-0.15, -0.1) is 0 Å². The van der Waals surface area contributed by atoms with Crippen LogP contribution in [0.1, 0.15) is 43.9 Å². The molecule has 0 amide bonds. The molecule has 0 aliphatic carbocycles. The fourth-order valence-electron chi connectivity index (χ4n) is 0.751. The van der Waals surface area contributed by atoms with Crippen LogP contribution < -0.4 is 0 Å². The van der Waals surface area contributed by atoms with Gasteiger partial charge in [0.1, 0.15) is 11.2 Å². The van der Waals surface area contributed by atoms with Crippen molar-refractivity contribution in [2.75, 3.05) is 0 Å². The molecule has 90 valence electrons. The summed E-state index contributed by atoms with van der Waals surface area (Å²) in [5.74, 6) is -1.98. The van der Waals surface area contributed by atoms with Crippen molar-refractivity contribution in [3.05, 3.63) is 0 Å². The van der Waals surface area contributed by atoms with Gasteiger partial charge in [-0.1, -0.05) is 20.8 Å². The fourth-order valence-corrected chi connectivity index (χ4v) is 0.751. The van der Waals surface area contributed by atoms with Crippen LogP contribution in [0.4, 0.5) is 0 Å². The molecule has 1 N–H and O–H groups in total. The Kier molecular flexibility index (Phi) is 7.06. The van der Waals surface area contributed by atoms with Crippen molar-refractivity contribution in [1.82, 2.24) is 0 Å². The molecule has 0 saturated carbocycles. The molecule has 0 unspecified atom stereocenters. The molecule has 0 bridgehead atoms. The van der Waals surface area contributed by atoms with Gasteiger partial charge >= 0.3 is 43.7 Å². The molecule has 0 aromatic rings. The minimum Gasteiger partial charge on any atom is -1.00 e. The average molecular weight is 256 g/mol. The average Bonchev–Trinajstić information content (AvgIpc) is 2.01. The van der Waals surface area contributed by atoms with Gasteiger partial charge in [0.15, 0.2) is 5.78 Å². The van der Waals surface area contributed by atoms with E-state index in [4.69, 9.17) is 5.11 Å². The third-order valence-electron chi connectivity index (χ3n) is 2.39. The zero-order valence-electron chi connectivity index (χ0n) is 12.6. The van der Waals surface area contributed by atoms with E-state index in [0.29, 0.717) is 0 Å². The number of carboxylic acids is 1. The maximum Gasteiger partial charge on any atom is 2.00 e. The molecule has 5 heteroatoms. The second kappa shape index (κ2) is 6.12. The number of rotatable bonds is 4. The van der Waals surface area contributed by atoms with E-state index in [2.05, 4.69) is 0 Å². The third-order valence-corrected chi connectivity index (χ3v) is 2.39. The maximum atomic E-state index is 11.6. The fraction of sp³-hybridized carbons (Fsp3) is 0.727. The van der Waals surface area contributed by atoms with Crippen LogP contribution in [0.25, 0.3) is 0 Å². The third kappa shape index (κ3) is 4.93. The predicted molar refractivity (Wildman–Crippen MR) is 63.5 cm³/mol. The number of aliphatic carboxylic acids is 1. The van der Waals surface area contributed by atoms with Gasteiger partial charge in [-0.25, -0.2) is 0 Å². The van der Waals surface area contributed by atoms with Gasteiger partial charge in [0, 0.05) is 5.41 Å². The van der Waals surface area contributed by atoms with Crippen LogP contribution in [0.15, 0.2) is 0 Å². The standard InChI is InChI=1S/C11H18O4.Ca.2H/c1-10(2,3)7(12)6-8(13)11(4,5)9(14)15;;;/h6H2,1-5H3,(H,14,15);;;/q;+2;2*-1.